The molecular weight excluding hydrogens is 176 g/mol. The van der Waals surface area contributed by atoms with Crippen LogP contribution in [0.15, 0.2) is 0 Å². The summed E-state index contributed by atoms with van der Waals surface area (Å²) in [7, 11) is 0. The fourth-order valence-corrected chi connectivity index (χ4v) is 1.86. The average molecular weight is 200 g/mol. The molecule has 1 aliphatic rings. The number of rotatable bonds is 6. The first kappa shape index (κ1) is 12.0. The molecule has 0 saturated carbocycles. The van der Waals surface area contributed by atoms with Gasteiger partial charge in [-0.05, 0) is 31.2 Å². The molecule has 1 aliphatic heterocycles. The van der Waals surface area contributed by atoms with Crippen molar-refractivity contribution in [3.05, 3.63) is 0 Å². The fourth-order valence-electron chi connectivity index (χ4n) is 1.86. The van der Waals surface area contributed by atoms with Gasteiger partial charge in [0.2, 0.25) is 0 Å². The van der Waals surface area contributed by atoms with Gasteiger partial charge in [-0.25, -0.2) is 0 Å². The van der Waals surface area contributed by atoms with Crippen molar-refractivity contribution in [2.75, 3.05) is 26.2 Å². The van der Waals surface area contributed by atoms with Crippen LogP contribution >= 0.6 is 0 Å². The zero-order chi connectivity index (χ0) is 10.4. The van der Waals surface area contributed by atoms with Gasteiger partial charge in [0.15, 0.2) is 0 Å². The zero-order valence-corrected chi connectivity index (χ0v) is 9.51. The van der Waals surface area contributed by atoms with Gasteiger partial charge in [-0.1, -0.05) is 13.8 Å². The lowest BCUT2D eigenvalue weighted by atomic mass is 9.89. The van der Waals surface area contributed by atoms with Crippen molar-refractivity contribution in [2.45, 2.75) is 39.2 Å². The van der Waals surface area contributed by atoms with Crippen LogP contribution in [0.4, 0.5) is 0 Å². The van der Waals surface area contributed by atoms with Crippen molar-refractivity contribution in [3.8, 4) is 0 Å². The topological polar surface area (TPSA) is 47.3 Å². The molecule has 1 atom stereocenters. The Morgan fingerprint density at radius 2 is 2.29 bits per heavy atom. The van der Waals surface area contributed by atoms with Crippen LogP contribution in [0.1, 0.15) is 33.1 Å². The lowest BCUT2D eigenvalue weighted by Crippen LogP contribution is -2.35. The van der Waals surface area contributed by atoms with Crippen molar-refractivity contribution in [2.24, 2.45) is 11.1 Å². The van der Waals surface area contributed by atoms with Crippen molar-refractivity contribution in [1.29, 1.82) is 0 Å². The summed E-state index contributed by atoms with van der Waals surface area (Å²) in [4.78, 5) is 0. The lowest BCUT2D eigenvalue weighted by Gasteiger charge is -2.25. The van der Waals surface area contributed by atoms with E-state index in [4.69, 9.17) is 10.5 Å². The Hall–Kier alpha value is -0.120. The first-order valence-electron chi connectivity index (χ1n) is 5.66. The van der Waals surface area contributed by atoms with Gasteiger partial charge < -0.3 is 15.8 Å². The van der Waals surface area contributed by atoms with E-state index in [0.29, 0.717) is 11.5 Å². The van der Waals surface area contributed by atoms with Crippen LogP contribution in [-0.4, -0.2) is 32.3 Å². The zero-order valence-electron chi connectivity index (χ0n) is 9.51. The highest BCUT2D eigenvalue weighted by Gasteiger charge is 2.19. The molecule has 3 N–H and O–H groups in total. The smallest absolute Gasteiger partial charge is 0.0700 e. The van der Waals surface area contributed by atoms with Crippen LogP contribution in [-0.2, 0) is 4.74 Å². The molecular formula is C11H24N2O. The van der Waals surface area contributed by atoms with E-state index in [9.17, 15) is 0 Å². The largest absolute Gasteiger partial charge is 0.377 e. The average Bonchev–Trinajstić information content (AvgIpc) is 2.56. The minimum absolute atomic E-state index is 0.313. The van der Waals surface area contributed by atoms with E-state index in [2.05, 4.69) is 19.2 Å². The number of nitrogens with one attached hydrogen (secondary N) is 1. The molecule has 1 fully saturated rings. The maximum Gasteiger partial charge on any atom is 0.0700 e. The van der Waals surface area contributed by atoms with Gasteiger partial charge in [0, 0.05) is 19.7 Å². The van der Waals surface area contributed by atoms with Crippen molar-refractivity contribution in [1.82, 2.24) is 5.32 Å². The van der Waals surface area contributed by atoms with Gasteiger partial charge in [-0.3, -0.25) is 0 Å². The molecule has 84 valence electrons. The van der Waals surface area contributed by atoms with Gasteiger partial charge in [0.05, 0.1) is 6.10 Å². The van der Waals surface area contributed by atoms with Crippen LogP contribution in [0, 0.1) is 5.41 Å². The molecule has 1 rings (SSSR count). The second-order valence-electron chi connectivity index (χ2n) is 4.97. The van der Waals surface area contributed by atoms with E-state index >= 15 is 0 Å². The standard InChI is InChI=1S/C11H24N2O/c1-11(2,5-6-12)9-13-8-10-4-3-7-14-10/h10,13H,3-9,12H2,1-2H3. The molecule has 1 unspecified atom stereocenters. The quantitative estimate of drug-likeness (QED) is 0.675. The molecule has 1 saturated heterocycles. The normalized spacial score (nSPS) is 22.9. The maximum atomic E-state index is 5.56. The van der Waals surface area contributed by atoms with Crippen molar-refractivity contribution in [3.63, 3.8) is 0 Å². The monoisotopic (exact) mass is 200 g/mol. The summed E-state index contributed by atoms with van der Waals surface area (Å²) >= 11 is 0. The highest BCUT2D eigenvalue weighted by atomic mass is 16.5. The molecule has 14 heavy (non-hydrogen) atoms. The summed E-state index contributed by atoms with van der Waals surface area (Å²) in [5.41, 5.74) is 5.87. The summed E-state index contributed by atoms with van der Waals surface area (Å²) < 4.78 is 5.54. The molecule has 0 radical (unpaired) electrons. The molecule has 3 nitrogen and oxygen atoms in total. The van der Waals surface area contributed by atoms with E-state index < -0.39 is 0 Å². The Bertz CT molecular complexity index is 153. The molecule has 1 heterocycles. The minimum atomic E-state index is 0.313. The number of hydrogen-bond acceptors (Lipinski definition) is 3. The molecule has 3 heteroatoms. The third kappa shape index (κ3) is 4.40. The summed E-state index contributed by atoms with van der Waals surface area (Å²) in [6, 6.07) is 0. The first-order chi connectivity index (χ1) is 6.64. The maximum absolute atomic E-state index is 5.56. The molecule has 0 aromatic heterocycles. The molecule has 0 bridgehead atoms. The highest BCUT2D eigenvalue weighted by molar-refractivity contribution is 4.74. The molecule has 0 aliphatic carbocycles. The van der Waals surface area contributed by atoms with Crippen LogP contribution in [0.3, 0.4) is 0 Å². The Morgan fingerprint density at radius 3 is 2.86 bits per heavy atom. The number of ether oxygens (including phenoxy) is 1. The van der Waals surface area contributed by atoms with Crippen LogP contribution < -0.4 is 11.1 Å². The molecule has 0 amide bonds. The minimum Gasteiger partial charge on any atom is -0.377 e. The van der Waals surface area contributed by atoms with Crippen molar-refractivity contribution < 1.29 is 4.74 Å². The predicted octanol–water partition coefficient (Wildman–Crippen LogP) is 1.13. The third-order valence-corrected chi connectivity index (χ3v) is 2.82. The second kappa shape index (κ2) is 5.69. The third-order valence-electron chi connectivity index (χ3n) is 2.82. The Kier molecular flexibility index (Phi) is 4.85. The molecule has 0 spiro atoms. The highest BCUT2D eigenvalue weighted by Crippen LogP contribution is 2.18. The fraction of sp³-hybridized carbons (Fsp3) is 1.00. The predicted molar refractivity (Wildman–Crippen MR) is 59.3 cm³/mol. The summed E-state index contributed by atoms with van der Waals surface area (Å²) in [5, 5.41) is 3.47. The summed E-state index contributed by atoms with van der Waals surface area (Å²) in [6.45, 7) is 8.25. The lowest BCUT2D eigenvalue weighted by molar-refractivity contribution is 0.107. The summed E-state index contributed by atoms with van der Waals surface area (Å²) in [6.07, 6.45) is 3.96. The van der Waals surface area contributed by atoms with Gasteiger partial charge in [0.1, 0.15) is 0 Å². The van der Waals surface area contributed by atoms with Gasteiger partial charge in [-0.15, -0.1) is 0 Å². The van der Waals surface area contributed by atoms with E-state index in [1.807, 2.05) is 0 Å². The molecule has 0 aromatic carbocycles. The van der Waals surface area contributed by atoms with Crippen molar-refractivity contribution >= 4 is 0 Å². The number of nitrogens with two attached hydrogens (primary N) is 1. The van der Waals surface area contributed by atoms with E-state index in [1.165, 1.54) is 12.8 Å². The van der Waals surface area contributed by atoms with Crippen LogP contribution in [0.25, 0.3) is 0 Å². The van der Waals surface area contributed by atoms with E-state index in [-0.39, 0.29) is 0 Å². The Labute approximate surface area is 87.4 Å². The Balaban J connectivity index is 2.07. The SMILES string of the molecule is CC(C)(CCN)CNCC1CCCO1. The molecule has 0 aromatic rings. The van der Waals surface area contributed by atoms with Crippen LogP contribution in [0.2, 0.25) is 0 Å². The first-order valence-corrected chi connectivity index (χ1v) is 5.66. The van der Waals surface area contributed by atoms with Gasteiger partial charge >= 0.3 is 0 Å². The summed E-state index contributed by atoms with van der Waals surface area (Å²) in [5.74, 6) is 0. The second-order valence-corrected chi connectivity index (χ2v) is 4.97. The van der Waals surface area contributed by atoms with E-state index in [1.54, 1.807) is 0 Å². The van der Waals surface area contributed by atoms with E-state index in [0.717, 1.165) is 32.7 Å². The Morgan fingerprint density at radius 1 is 1.50 bits per heavy atom. The number of hydrogen-bond donors (Lipinski definition) is 2. The van der Waals surface area contributed by atoms with Gasteiger partial charge in [0.25, 0.3) is 0 Å². The van der Waals surface area contributed by atoms with Gasteiger partial charge in [-0.2, -0.15) is 0 Å². The van der Waals surface area contributed by atoms with Crippen LogP contribution in [0.5, 0.6) is 0 Å².